The van der Waals surface area contributed by atoms with Crippen LogP contribution in [0.15, 0.2) is 60.7 Å². The highest BCUT2D eigenvalue weighted by atomic mass is 16.5. The molecule has 0 unspecified atom stereocenters. The predicted octanol–water partition coefficient (Wildman–Crippen LogP) is 5.42. The van der Waals surface area contributed by atoms with Crippen molar-refractivity contribution in [3.8, 4) is 5.75 Å². The zero-order valence-corrected chi connectivity index (χ0v) is 23.0. The lowest BCUT2D eigenvalue weighted by atomic mass is 9.89. The van der Waals surface area contributed by atoms with E-state index in [2.05, 4.69) is 28.4 Å². The van der Waals surface area contributed by atoms with Gasteiger partial charge in [0.1, 0.15) is 5.75 Å². The maximum Gasteiger partial charge on any atom is 0.255 e. The molecule has 0 bridgehead atoms. The maximum absolute atomic E-state index is 13.3. The van der Waals surface area contributed by atoms with Crippen molar-refractivity contribution in [2.45, 2.75) is 32.6 Å². The Morgan fingerprint density at radius 1 is 0.872 bits per heavy atom. The van der Waals surface area contributed by atoms with Crippen molar-refractivity contribution in [2.75, 3.05) is 56.7 Å². The number of anilines is 2. The van der Waals surface area contributed by atoms with E-state index in [1.807, 2.05) is 61.2 Å². The molecule has 0 radical (unpaired) electrons. The summed E-state index contributed by atoms with van der Waals surface area (Å²) in [5.41, 5.74) is 6.33. The lowest BCUT2D eigenvalue weighted by Crippen LogP contribution is -2.38. The molecular formula is C32H37N3O4. The van der Waals surface area contributed by atoms with Gasteiger partial charge in [-0.2, -0.15) is 0 Å². The number of ether oxygens (including phenoxy) is 2. The van der Waals surface area contributed by atoms with Gasteiger partial charge in [-0.05, 0) is 91.8 Å². The fourth-order valence-electron chi connectivity index (χ4n) is 5.70. The van der Waals surface area contributed by atoms with Crippen molar-refractivity contribution < 1.29 is 19.1 Å². The minimum Gasteiger partial charge on any atom is -0.496 e. The monoisotopic (exact) mass is 527 g/mol. The van der Waals surface area contributed by atoms with E-state index in [9.17, 15) is 9.59 Å². The summed E-state index contributed by atoms with van der Waals surface area (Å²) in [7, 11) is 1.64. The van der Waals surface area contributed by atoms with Crippen molar-refractivity contribution >= 4 is 23.2 Å². The molecule has 2 aliphatic rings. The first-order valence-electron chi connectivity index (χ1n) is 13.7. The first-order chi connectivity index (χ1) is 18.9. The summed E-state index contributed by atoms with van der Waals surface area (Å²) >= 11 is 0. The summed E-state index contributed by atoms with van der Waals surface area (Å²) in [6.45, 7) is 8.51. The van der Waals surface area contributed by atoms with Gasteiger partial charge in [0.05, 0.1) is 20.3 Å². The minimum absolute atomic E-state index is 0.102. The van der Waals surface area contributed by atoms with Crippen LogP contribution in [0.5, 0.6) is 5.75 Å². The molecule has 7 heteroatoms. The number of carbonyl (C=O) groups excluding carboxylic acids is 2. The third-order valence-electron chi connectivity index (χ3n) is 7.82. The highest BCUT2D eigenvalue weighted by Gasteiger charge is 2.25. The second kappa shape index (κ2) is 11.9. The van der Waals surface area contributed by atoms with Crippen LogP contribution >= 0.6 is 0 Å². The number of amides is 2. The van der Waals surface area contributed by atoms with Gasteiger partial charge in [0.25, 0.3) is 11.8 Å². The van der Waals surface area contributed by atoms with E-state index in [1.54, 1.807) is 7.11 Å². The van der Waals surface area contributed by atoms with Gasteiger partial charge in [-0.15, -0.1) is 0 Å². The van der Waals surface area contributed by atoms with Crippen LogP contribution in [0, 0.1) is 13.8 Å². The molecule has 5 rings (SSSR count). The van der Waals surface area contributed by atoms with Crippen molar-refractivity contribution in [1.29, 1.82) is 0 Å². The van der Waals surface area contributed by atoms with Crippen LogP contribution in [0.4, 0.5) is 11.4 Å². The van der Waals surface area contributed by atoms with Gasteiger partial charge in [-0.1, -0.05) is 18.2 Å². The van der Waals surface area contributed by atoms with Crippen LogP contribution in [-0.4, -0.2) is 63.2 Å². The lowest BCUT2D eigenvalue weighted by molar-refractivity contribution is 0.0713. The third-order valence-corrected chi connectivity index (χ3v) is 7.82. The Kier molecular flexibility index (Phi) is 8.17. The van der Waals surface area contributed by atoms with E-state index in [4.69, 9.17) is 9.47 Å². The normalized spacial score (nSPS) is 16.2. The molecule has 2 heterocycles. The summed E-state index contributed by atoms with van der Waals surface area (Å²) in [6.07, 6.45) is 1.84. The van der Waals surface area contributed by atoms with Gasteiger partial charge in [-0.25, -0.2) is 0 Å². The number of nitrogens with one attached hydrogen (secondary N) is 1. The van der Waals surface area contributed by atoms with Gasteiger partial charge in [0.15, 0.2) is 0 Å². The molecule has 3 aromatic rings. The zero-order valence-electron chi connectivity index (χ0n) is 23.0. The van der Waals surface area contributed by atoms with Gasteiger partial charge >= 0.3 is 0 Å². The van der Waals surface area contributed by atoms with Crippen LogP contribution in [0.2, 0.25) is 0 Å². The third kappa shape index (κ3) is 6.09. The Labute approximate surface area is 230 Å². The van der Waals surface area contributed by atoms with E-state index < -0.39 is 0 Å². The molecule has 7 nitrogen and oxygen atoms in total. The summed E-state index contributed by atoms with van der Waals surface area (Å²) in [5.74, 6) is 1.17. The Bertz CT molecular complexity index is 1300. The zero-order chi connectivity index (χ0) is 27.4. The molecule has 0 spiro atoms. The van der Waals surface area contributed by atoms with Crippen LogP contribution in [-0.2, 0) is 4.74 Å². The molecule has 39 heavy (non-hydrogen) atoms. The van der Waals surface area contributed by atoms with Crippen molar-refractivity contribution in [3.63, 3.8) is 0 Å². The summed E-state index contributed by atoms with van der Waals surface area (Å²) in [5, 5.41) is 3.01. The van der Waals surface area contributed by atoms with Crippen LogP contribution in [0.3, 0.4) is 0 Å². The number of hydrogen-bond acceptors (Lipinski definition) is 5. The Hall–Kier alpha value is -3.84. The molecular weight excluding hydrogens is 490 g/mol. The van der Waals surface area contributed by atoms with E-state index in [0.29, 0.717) is 11.5 Å². The quantitative estimate of drug-likeness (QED) is 0.464. The van der Waals surface area contributed by atoms with Crippen molar-refractivity contribution in [3.05, 3.63) is 88.5 Å². The molecule has 0 aromatic heterocycles. The second-order valence-electron chi connectivity index (χ2n) is 10.4. The largest absolute Gasteiger partial charge is 0.496 e. The number of carbonyl (C=O) groups is 2. The number of hydrogen-bond donors (Lipinski definition) is 1. The summed E-state index contributed by atoms with van der Waals surface area (Å²) in [4.78, 5) is 30.3. The molecule has 0 aliphatic carbocycles. The lowest BCUT2D eigenvalue weighted by Gasteiger charge is -2.33. The average molecular weight is 528 g/mol. The second-order valence-corrected chi connectivity index (χ2v) is 10.4. The van der Waals surface area contributed by atoms with Gasteiger partial charge in [-0.3, -0.25) is 9.59 Å². The number of piperidine rings is 1. The molecule has 1 N–H and O–H groups in total. The minimum atomic E-state index is -0.138. The van der Waals surface area contributed by atoms with Gasteiger partial charge < -0.3 is 24.6 Å². The van der Waals surface area contributed by atoms with Gasteiger partial charge in [0.2, 0.25) is 0 Å². The van der Waals surface area contributed by atoms with E-state index in [1.165, 1.54) is 5.56 Å². The van der Waals surface area contributed by atoms with E-state index in [0.717, 1.165) is 86.0 Å². The first-order valence-corrected chi connectivity index (χ1v) is 13.7. The summed E-state index contributed by atoms with van der Waals surface area (Å²) < 4.78 is 10.9. The Morgan fingerprint density at radius 2 is 1.54 bits per heavy atom. The number of morpholine rings is 1. The average Bonchev–Trinajstić information content (AvgIpc) is 2.97. The Morgan fingerprint density at radius 3 is 2.18 bits per heavy atom. The van der Waals surface area contributed by atoms with Crippen molar-refractivity contribution in [1.82, 2.24) is 4.90 Å². The number of likely N-dealkylation sites (tertiary alicyclic amines) is 1. The molecule has 3 aromatic carbocycles. The fraction of sp³-hybridized carbons (Fsp3) is 0.375. The number of benzene rings is 3. The number of methoxy groups -OCH3 is 1. The molecule has 2 fully saturated rings. The predicted molar refractivity (Wildman–Crippen MR) is 154 cm³/mol. The van der Waals surface area contributed by atoms with Gasteiger partial charge in [0, 0.05) is 48.7 Å². The smallest absolute Gasteiger partial charge is 0.255 e. The topological polar surface area (TPSA) is 71.1 Å². The fourth-order valence-corrected chi connectivity index (χ4v) is 5.70. The molecule has 0 atom stereocenters. The first kappa shape index (κ1) is 26.8. The SMILES string of the molecule is COc1c(C)cc(C(=O)Nc2ccc(C3CCN(C(=O)c4cccc(N5CCOCC5)c4)CC3)cc2)cc1C. The van der Waals surface area contributed by atoms with Crippen LogP contribution < -0.4 is 15.0 Å². The number of nitrogens with zero attached hydrogens (tertiary/aromatic N) is 2. The standard InChI is InChI=1S/C32H37N3O4/c1-22-19-27(20-23(2)30(22)38-3)31(36)33-28-9-7-24(8-10-28)25-11-13-35(14-12-25)32(37)26-5-4-6-29(21-26)34-15-17-39-18-16-34/h4-10,19-21,25H,11-18H2,1-3H3,(H,33,36). The molecule has 2 aliphatic heterocycles. The van der Waals surface area contributed by atoms with Crippen molar-refractivity contribution in [2.24, 2.45) is 0 Å². The maximum atomic E-state index is 13.3. The van der Waals surface area contributed by atoms with E-state index >= 15 is 0 Å². The highest BCUT2D eigenvalue weighted by molar-refractivity contribution is 6.04. The number of rotatable bonds is 6. The molecule has 2 saturated heterocycles. The highest BCUT2D eigenvalue weighted by Crippen LogP contribution is 2.30. The van der Waals surface area contributed by atoms with E-state index in [-0.39, 0.29) is 11.8 Å². The molecule has 0 saturated carbocycles. The number of aryl methyl sites for hydroxylation is 2. The summed E-state index contributed by atoms with van der Waals surface area (Å²) in [6, 6.07) is 19.8. The Balaban J connectivity index is 1.16. The molecule has 2 amide bonds. The van der Waals surface area contributed by atoms with Crippen LogP contribution in [0.25, 0.3) is 0 Å². The molecule has 204 valence electrons. The van der Waals surface area contributed by atoms with Crippen LogP contribution in [0.1, 0.15) is 56.2 Å².